The van der Waals surface area contributed by atoms with Crippen LogP contribution in [0.15, 0.2) is 24.3 Å². The summed E-state index contributed by atoms with van der Waals surface area (Å²) in [5, 5.41) is 11.9. The quantitative estimate of drug-likeness (QED) is 0.724. The van der Waals surface area contributed by atoms with E-state index in [1.54, 1.807) is 0 Å². The SMILES string of the molecule is NCCNC(=O)N1Cc2ccccc2C[C@H]1C(=O)O. The molecule has 102 valence electrons. The van der Waals surface area contributed by atoms with Crippen LogP contribution in [0.25, 0.3) is 0 Å². The van der Waals surface area contributed by atoms with Crippen LogP contribution in [0.4, 0.5) is 4.79 Å². The molecule has 4 N–H and O–H groups in total. The van der Waals surface area contributed by atoms with Crippen LogP contribution in [0.3, 0.4) is 0 Å². The summed E-state index contributed by atoms with van der Waals surface area (Å²) >= 11 is 0. The van der Waals surface area contributed by atoms with Crippen LogP contribution >= 0.6 is 0 Å². The molecule has 0 aromatic heterocycles. The van der Waals surface area contributed by atoms with Crippen molar-refractivity contribution in [3.63, 3.8) is 0 Å². The molecule has 0 aliphatic carbocycles. The van der Waals surface area contributed by atoms with Gasteiger partial charge in [0.15, 0.2) is 0 Å². The zero-order chi connectivity index (χ0) is 13.8. The Bertz CT molecular complexity index is 490. The number of carbonyl (C=O) groups is 2. The van der Waals surface area contributed by atoms with Crippen LogP contribution in [0, 0.1) is 0 Å². The topological polar surface area (TPSA) is 95.7 Å². The molecule has 0 bridgehead atoms. The fourth-order valence-electron chi connectivity index (χ4n) is 2.24. The molecule has 2 rings (SSSR count). The van der Waals surface area contributed by atoms with Gasteiger partial charge in [-0.3, -0.25) is 0 Å². The van der Waals surface area contributed by atoms with Gasteiger partial charge in [-0.2, -0.15) is 0 Å². The molecular formula is C13H17N3O3. The summed E-state index contributed by atoms with van der Waals surface area (Å²) in [5.74, 6) is -0.989. The van der Waals surface area contributed by atoms with Crippen molar-refractivity contribution in [3.05, 3.63) is 35.4 Å². The summed E-state index contributed by atoms with van der Waals surface area (Å²) in [6.45, 7) is 0.973. The number of nitrogens with zero attached hydrogens (tertiary/aromatic N) is 1. The van der Waals surface area contributed by atoms with E-state index >= 15 is 0 Å². The van der Waals surface area contributed by atoms with Gasteiger partial charge in [-0.05, 0) is 11.1 Å². The summed E-state index contributed by atoms with van der Waals surface area (Å²) in [6.07, 6.45) is 0.335. The number of carbonyl (C=O) groups excluding carboxylic acids is 1. The van der Waals surface area contributed by atoms with E-state index in [-0.39, 0.29) is 6.03 Å². The molecule has 1 aliphatic rings. The maximum atomic E-state index is 12.0. The van der Waals surface area contributed by atoms with Crippen molar-refractivity contribution < 1.29 is 14.7 Å². The van der Waals surface area contributed by atoms with Crippen LogP contribution < -0.4 is 11.1 Å². The molecule has 6 heteroatoms. The maximum absolute atomic E-state index is 12.0. The van der Waals surface area contributed by atoms with Gasteiger partial charge in [0.05, 0.1) is 0 Å². The van der Waals surface area contributed by atoms with E-state index < -0.39 is 12.0 Å². The summed E-state index contributed by atoms with van der Waals surface area (Å²) in [6, 6.07) is 6.37. The number of hydrogen-bond donors (Lipinski definition) is 3. The first-order valence-electron chi connectivity index (χ1n) is 6.17. The fourth-order valence-corrected chi connectivity index (χ4v) is 2.24. The molecular weight excluding hydrogens is 246 g/mol. The average Bonchev–Trinajstić information content (AvgIpc) is 2.43. The highest BCUT2D eigenvalue weighted by molar-refractivity contribution is 5.83. The lowest BCUT2D eigenvalue weighted by atomic mass is 9.94. The third-order valence-corrected chi connectivity index (χ3v) is 3.22. The molecule has 1 atom stereocenters. The molecule has 19 heavy (non-hydrogen) atoms. The number of urea groups is 1. The van der Waals surface area contributed by atoms with Crippen LogP contribution in [-0.4, -0.2) is 41.1 Å². The van der Waals surface area contributed by atoms with Crippen molar-refractivity contribution in [2.45, 2.75) is 19.0 Å². The number of fused-ring (bicyclic) bond motifs is 1. The Labute approximate surface area is 111 Å². The Morgan fingerprint density at radius 3 is 2.68 bits per heavy atom. The summed E-state index contributed by atoms with van der Waals surface area (Å²) in [4.78, 5) is 24.6. The molecule has 0 saturated carbocycles. The molecule has 6 nitrogen and oxygen atoms in total. The van der Waals surface area contributed by atoms with E-state index in [1.807, 2.05) is 24.3 Å². The highest BCUT2D eigenvalue weighted by Crippen LogP contribution is 2.23. The van der Waals surface area contributed by atoms with Crippen molar-refractivity contribution in [3.8, 4) is 0 Å². The molecule has 1 heterocycles. The van der Waals surface area contributed by atoms with Gasteiger partial charge in [-0.1, -0.05) is 24.3 Å². The number of rotatable bonds is 3. The van der Waals surface area contributed by atoms with Gasteiger partial charge in [0.1, 0.15) is 6.04 Å². The Balaban J connectivity index is 2.21. The van der Waals surface area contributed by atoms with Crippen molar-refractivity contribution in [2.24, 2.45) is 5.73 Å². The minimum absolute atomic E-state index is 0.309. The largest absolute Gasteiger partial charge is 0.480 e. The summed E-state index contributed by atoms with van der Waals surface area (Å²) < 4.78 is 0. The molecule has 1 aromatic carbocycles. The minimum Gasteiger partial charge on any atom is -0.480 e. The van der Waals surface area contributed by atoms with Crippen molar-refractivity contribution in [1.82, 2.24) is 10.2 Å². The van der Waals surface area contributed by atoms with Crippen molar-refractivity contribution >= 4 is 12.0 Å². The maximum Gasteiger partial charge on any atom is 0.326 e. The first kappa shape index (κ1) is 13.4. The second kappa shape index (κ2) is 5.71. The van der Waals surface area contributed by atoms with E-state index in [0.717, 1.165) is 11.1 Å². The minimum atomic E-state index is -0.989. The highest BCUT2D eigenvalue weighted by Gasteiger charge is 2.34. The smallest absolute Gasteiger partial charge is 0.326 e. The Hall–Kier alpha value is -2.08. The lowest BCUT2D eigenvalue weighted by molar-refractivity contribution is -0.142. The van der Waals surface area contributed by atoms with Crippen molar-refractivity contribution in [2.75, 3.05) is 13.1 Å². The summed E-state index contributed by atoms with van der Waals surface area (Å²) in [5.41, 5.74) is 7.30. The zero-order valence-electron chi connectivity index (χ0n) is 10.5. The number of amides is 2. The third kappa shape index (κ3) is 2.85. The predicted molar refractivity (Wildman–Crippen MR) is 69.6 cm³/mol. The Kier molecular flexibility index (Phi) is 4.01. The van der Waals surface area contributed by atoms with Crippen LogP contribution in [-0.2, 0) is 17.8 Å². The molecule has 0 radical (unpaired) electrons. The number of nitrogens with one attached hydrogen (secondary N) is 1. The molecule has 0 unspecified atom stereocenters. The first-order valence-corrected chi connectivity index (χ1v) is 6.17. The number of hydrogen-bond acceptors (Lipinski definition) is 3. The fraction of sp³-hybridized carbons (Fsp3) is 0.385. The molecule has 0 spiro atoms. The first-order chi connectivity index (χ1) is 9.13. The number of carboxylic acids is 1. The normalized spacial score (nSPS) is 17.7. The second-order valence-corrected chi connectivity index (χ2v) is 4.48. The second-order valence-electron chi connectivity index (χ2n) is 4.48. The molecule has 1 aromatic rings. The van der Waals surface area contributed by atoms with Gasteiger partial charge < -0.3 is 21.1 Å². The van der Waals surface area contributed by atoms with E-state index in [0.29, 0.717) is 26.1 Å². The van der Waals surface area contributed by atoms with Gasteiger partial charge >= 0.3 is 12.0 Å². The van der Waals surface area contributed by atoms with E-state index in [4.69, 9.17) is 5.73 Å². The monoisotopic (exact) mass is 263 g/mol. The summed E-state index contributed by atoms with van der Waals surface area (Å²) in [7, 11) is 0. The van der Waals surface area contributed by atoms with E-state index in [9.17, 15) is 14.7 Å². The number of benzene rings is 1. The Morgan fingerprint density at radius 2 is 2.05 bits per heavy atom. The number of nitrogens with two attached hydrogens (primary N) is 1. The van der Waals surface area contributed by atoms with E-state index in [2.05, 4.69) is 5.32 Å². The average molecular weight is 263 g/mol. The van der Waals surface area contributed by atoms with Gasteiger partial charge in [0.25, 0.3) is 0 Å². The van der Waals surface area contributed by atoms with Crippen LogP contribution in [0.5, 0.6) is 0 Å². The van der Waals surface area contributed by atoms with Crippen LogP contribution in [0.1, 0.15) is 11.1 Å². The van der Waals surface area contributed by atoms with Gasteiger partial charge in [-0.15, -0.1) is 0 Å². The van der Waals surface area contributed by atoms with E-state index in [1.165, 1.54) is 4.90 Å². The zero-order valence-corrected chi connectivity index (χ0v) is 10.5. The highest BCUT2D eigenvalue weighted by atomic mass is 16.4. The molecule has 2 amide bonds. The van der Waals surface area contributed by atoms with Crippen LogP contribution in [0.2, 0.25) is 0 Å². The Morgan fingerprint density at radius 1 is 1.37 bits per heavy atom. The third-order valence-electron chi connectivity index (χ3n) is 3.22. The molecule has 1 aliphatic heterocycles. The number of carboxylic acid groups (broad SMARTS) is 1. The van der Waals surface area contributed by atoms with Crippen molar-refractivity contribution in [1.29, 1.82) is 0 Å². The van der Waals surface area contributed by atoms with Gasteiger partial charge in [0, 0.05) is 26.1 Å². The predicted octanol–water partition coefficient (Wildman–Crippen LogP) is 0.166. The van der Waals surface area contributed by atoms with Gasteiger partial charge in [0.2, 0.25) is 0 Å². The number of aliphatic carboxylic acids is 1. The van der Waals surface area contributed by atoms with Gasteiger partial charge in [-0.25, -0.2) is 9.59 Å². The lowest BCUT2D eigenvalue weighted by Gasteiger charge is -2.34. The molecule has 0 saturated heterocycles. The standard InChI is InChI=1S/C13H17N3O3/c14-5-6-15-13(19)16-8-10-4-2-1-3-9(10)7-11(16)12(17)18/h1-4,11H,5-8,14H2,(H,15,19)(H,17,18)/t11-/m0/s1. The molecule has 0 fully saturated rings. The lowest BCUT2D eigenvalue weighted by Crippen LogP contribution is -2.52.